The first-order chi connectivity index (χ1) is 8.26. The van der Waals surface area contributed by atoms with Gasteiger partial charge in [0.05, 0.1) is 4.88 Å². The molecular formula is C13H21ClN2OS. The number of carbonyl (C=O) groups is 1. The predicted molar refractivity (Wildman–Crippen MR) is 78.9 cm³/mol. The summed E-state index contributed by atoms with van der Waals surface area (Å²) in [4.78, 5) is 15.3. The SMILES string of the molecule is CCc1ccsc1C(=O)N1CCC(CNC)C1.Cl. The molecule has 1 aromatic rings. The molecular weight excluding hydrogens is 268 g/mol. The van der Waals surface area contributed by atoms with E-state index in [-0.39, 0.29) is 18.3 Å². The number of likely N-dealkylation sites (tertiary alicyclic amines) is 1. The Hall–Kier alpha value is -0.580. The third-order valence-electron chi connectivity index (χ3n) is 3.39. The molecule has 1 aromatic heterocycles. The van der Waals surface area contributed by atoms with Crippen molar-refractivity contribution in [3.05, 3.63) is 21.9 Å². The zero-order chi connectivity index (χ0) is 12.3. The highest BCUT2D eigenvalue weighted by atomic mass is 35.5. The van der Waals surface area contributed by atoms with Crippen LogP contribution < -0.4 is 5.32 Å². The van der Waals surface area contributed by atoms with Crippen LogP contribution in [0.3, 0.4) is 0 Å². The van der Waals surface area contributed by atoms with Crippen LogP contribution in [-0.2, 0) is 6.42 Å². The van der Waals surface area contributed by atoms with Gasteiger partial charge >= 0.3 is 0 Å². The molecule has 3 nitrogen and oxygen atoms in total. The second-order valence-electron chi connectivity index (χ2n) is 4.59. The van der Waals surface area contributed by atoms with E-state index in [1.54, 1.807) is 11.3 Å². The van der Waals surface area contributed by atoms with E-state index in [2.05, 4.69) is 18.3 Å². The fourth-order valence-corrected chi connectivity index (χ4v) is 3.38. The van der Waals surface area contributed by atoms with Crippen LogP contribution in [0.5, 0.6) is 0 Å². The lowest BCUT2D eigenvalue weighted by Gasteiger charge is -2.16. The zero-order valence-electron chi connectivity index (χ0n) is 10.9. The van der Waals surface area contributed by atoms with E-state index in [0.717, 1.165) is 37.4 Å². The molecule has 18 heavy (non-hydrogen) atoms. The Morgan fingerprint density at radius 2 is 2.39 bits per heavy atom. The molecule has 0 aromatic carbocycles. The summed E-state index contributed by atoms with van der Waals surface area (Å²) in [5, 5.41) is 5.21. The van der Waals surface area contributed by atoms with Crippen molar-refractivity contribution in [1.82, 2.24) is 10.2 Å². The predicted octanol–water partition coefficient (Wildman–Crippen LogP) is 2.41. The molecule has 0 saturated carbocycles. The van der Waals surface area contributed by atoms with Crippen LogP contribution in [-0.4, -0.2) is 37.5 Å². The maximum absolute atomic E-state index is 12.4. The summed E-state index contributed by atoms with van der Waals surface area (Å²) in [7, 11) is 1.97. The van der Waals surface area contributed by atoms with Gasteiger partial charge in [0.15, 0.2) is 0 Å². The van der Waals surface area contributed by atoms with Gasteiger partial charge in [-0.05, 0) is 49.4 Å². The van der Waals surface area contributed by atoms with E-state index in [9.17, 15) is 4.79 Å². The monoisotopic (exact) mass is 288 g/mol. The molecule has 2 rings (SSSR count). The molecule has 0 spiro atoms. The van der Waals surface area contributed by atoms with E-state index >= 15 is 0 Å². The largest absolute Gasteiger partial charge is 0.338 e. The van der Waals surface area contributed by atoms with Crippen molar-refractivity contribution in [3.63, 3.8) is 0 Å². The van der Waals surface area contributed by atoms with Crippen LogP contribution in [0.2, 0.25) is 0 Å². The highest BCUT2D eigenvalue weighted by molar-refractivity contribution is 7.12. The Kier molecular flexibility index (Phi) is 6.12. The van der Waals surface area contributed by atoms with Gasteiger partial charge in [0, 0.05) is 13.1 Å². The summed E-state index contributed by atoms with van der Waals surface area (Å²) >= 11 is 1.58. The first kappa shape index (κ1) is 15.5. The topological polar surface area (TPSA) is 32.3 Å². The first-order valence-corrected chi connectivity index (χ1v) is 7.14. The number of thiophene rings is 1. The molecule has 0 bridgehead atoms. The summed E-state index contributed by atoms with van der Waals surface area (Å²) in [5.74, 6) is 0.851. The average Bonchev–Trinajstić information content (AvgIpc) is 2.96. The minimum atomic E-state index is 0. The maximum Gasteiger partial charge on any atom is 0.264 e. The van der Waals surface area contributed by atoms with Gasteiger partial charge in [-0.15, -0.1) is 23.7 Å². The van der Waals surface area contributed by atoms with Crippen LogP contribution in [0.1, 0.15) is 28.6 Å². The minimum absolute atomic E-state index is 0. The van der Waals surface area contributed by atoms with Crippen LogP contribution in [0.15, 0.2) is 11.4 Å². The lowest BCUT2D eigenvalue weighted by atomic mass is 10.1. The number of nitrogens with one attached hydrogen (secondary N) is 1. The second kappa shape index (κ2) is 7.12. The quantitative estimate of drug-likeness (QED) is 0.923. The van der Waals surface area contributed by atoms with Gasteiger partial charge in [-0.1, -0.05) is 6.92 Å². The number of halogens is 1. The van der Waals surface area contributed by atoms with Crippen molar-refractivity contribution >= 4 is 29.7 Å². The van der Waals surface area contributed by atoms with Crippen molar-refractivity contribution in [1.29, 1.82) is 0 Å². The van der Waals surface area contributed by atoms with Crippen molar-refractivity contribution < 1.29 is 4.79 Å². The van der Waals surface area contributed by atoms with Crippen LogP contribution in [0, 0.1) is 5.92 Å². The van der Waals surface area contributed by atoms with Crippen LogP contribution in [0.25, 0.3) is 0 Å². The van der Waals surface area contributed by atoms with Crippen molar-refractivity contribution in [2.75, 3.05) is 26.7 Å². The third kappa shape index (κ3) is 3.25. The van der Waals surface area contributed by atoms with Gasteiger partial charge in [-0.3, -0.25) is 4.79 Å². The fraction of sp³-hybridized carbons (Fsp3) is 0.615. The number of rotatable bonds is 4. The highest BCUT2D eigenvalue weighted by Crippen LogP contribution is 2.23. The molecule has 0 radical (unpaired) electrons. The molecule has 0 aliphatic carbocycles. The van der Waals surface area contributed by atoms with E-state index in [1.807, 2.05) is 17.3 Å². The molecule has 1 saturated heterocycles. The number of nitrogens with zero attached hydrogens (tertiary/aromatic N) is 1. The van der Waals surface area contributed by atoms with E-state index in [4.69, 9.17) is 0 Å². The molecule has 1 N–H and O–H groups in total. The second-order valence-corrected chi connectivity index (χ2v) is 5.51. The van der Waals surface area contributed by atoms with E-state index in [1.165, 1.54) is 5.56 Å². The molecule has 1 unspecified atom stereocenters. The van der Waals surface area contributed by atoms with Gasteiger partial charge in [0.25, 0.3) is 5.91 Å². The Balaban J connectivity index is 0.00000162. The van der Waals surface area contributed by atoms with Gasteiger partial charge in [0.1, 0.15) is 0 Å². The molecule has 1 fully saturated rings. The summed E-state index contributed by atoms with van der Waals surface area (Å²) in [6.07, 6.45) is 2.07. The number of hydrogen-bond acceptors (Lipinski definition) is 3. The highest BCUT2D eigenvalue weighted by Gasteiger charge is 2.27. The summed E-state index contributed by atoms with van der Waals surface area (Å²) in [6.45, 7) is 4.93. The molecule has 1 aliphatic rings. The summed E-state index contributed by atoms with van der Waals surface area (Å²) in [6, 6.07) is 2.07. The van der Waals surface area contributed by atoms with Gasteiger partial charge in [-0.2, -0.15) is 0 Å². The van der Waals surface area contributed by atoms with E-state index in [0.29, 0.717) is 5.92 Å². The molecule has 5 heteroatoms. The third-order valence-corrected chi connectivity index (χ3v) is 4.33. The molecule has 1 aliphatic heterocycles. The minimum Gasteiger partial charge on any atom is -0.338 e. The number of aryl methyl sites for hydroxylation is 1. The summed E-state index contributed by atoms with van der Waals surface area (Å²) < 4.78 is 0. The first-order valence-electron chi connectivity index (χ1n) is 6.26. The molecule has 2 heterocycles. The lowest BCUT2D eigenvalue weighted by Crippen LogP contribution is -2.30. The lowest BCUT2D eigenvalue weighted by molar-refractivity contribution is 0.0791. The molecule has 102 valence electrons. The molecule has 1 atom stereocenters. The Bertz CT molecular complexity index is 394. The van der Waals surface area contributed by atoms with Crippen molar-refractivity contribution in [2.45, 2.75) is 19.8 Å². The molecule has 1 amide bonds. The smallest absolute Gasteiger partial charge is 0.264 e. The van der Waals surface area contributed by atoms with Crippen LogP contribution >= 0.6 is 23.7 Å². The Labute approximate surface area is 119 Å². The van der Waals surface area contributed by atoms with Crippen molar-refractivity contribution in [3.8, 4) is 0 Å². The standard InChI is InChI=1S/C13H20N2OS.ClH/c1-3-11-5-7-17-12(11)13(16)15-6-4-10(9-15)8-14-2;/h5,7,10,14H,3-4,6,8-9H2,1-2H3;1H. The number of amides is 1. The Morgan fingerprint density at radius 1 is 1.61 bits per heavy atom. The zero-order valence-corrected chi connectivity index (χ0v) is 12.6. The summed E-state index contributed by atoms with van der Waals surface area (Å²) in [5.41, 5.74) is 1.19. The van der Waals surface area contributed by atoms with Crippen molar-refractivity contribution in [2.24, 2.45) is 5.92 Å². The van der Waals surface area contributed by atoms with Gasteiger partial charge in [0.2, 0.25) is 0 Å². The van der Waals surface area contributed by atoms with E-state index < -0.39 is 0 Å². The number of carbonyl (C=O) groups excluding carboxylic acids is 1. The fourth-order valence-electron chi connectivity index (χ4n) is 2.42. The number of hydrogen-bond donors (Lipinski definition) is 1. The maximum atomic E-state index is 12.4. The normalized spacial score (nSPS) is 18.8. The van der Waals surface area contributed by atoms with Crippen LogP contribution in [0.4, 0.5) is 0 Å². The average molecular weight is 289 g/mol. The van der Waals surface area contributed by atoms with Gasteiger partial charge < -0.3 is 10.2 Å². The van der Waals surface area contributed by atoms with Gasteiger partial charge in [-0.25, -0.2) is 0 Å². The Morgan fingerprint density at radius 3 is 3.06 bits per heavy atom.